The van der Waals surface area contributed by atoms with Crippen LogP contribution in [0, 0.1) is 0 Å². The zero-order valence-electron chi connectivity index (χ0n) is 10.7. The number of amides is 1. The van der Waals surface area contributed by atoms with Crippen molar-refractivity contribution >= 4 is 17.3 Å². The van der Waals surface area contributed by atoms with Crippen LogP contribution < -0.4 is 10.6 Å². The first-order chi connectivity index (χ1) is 9.22. The van der Waals surface area contributed by atoms with Gasteiger partial charge in [-0.2, -0.15) is 5.10 Å². The van der Waals surface area contributed by atoms with Crippen molar-refractivity contribution in [2.75, 3.05) is 10.6 Å². The van der Waals surface area contributed by atoms with E-state index >= 15 is 0 Å². The molecule has 3 N–H and O–H groups in total. The molecule has 5 nitrogen and oxygen atoms in total. The van der Waals surface area contributed by atoms with E-state index in [2.05, 4.69) is 33.8 Å². The standard InChI is InChI=1S/C14H16N4O/c1-9(12-6-7-15-18-12)16-11-3-4-13-10(8-11)2-5-14(19)17-13/h3-4,6-9,16H,2,5H2,1H3,(H,15,18)(H,17,19). The molecule has 2 aromatic rings. The van der Waals surface area contributed by atoms with Crippen molar-refractivity contribution in [3.05, 3.63) is 41.7 Å². The highest BCUT2D eigenvalue weighted by Gasteiger charge is 2.15. The van der Waals surface area contributed by atoms with Gasteiger partial charge in [-0.3, -0.25) is 9.89 Å². The molecule has 98 valence electrons. The van der Waals surface area contributed by atoms with E-state index in [0.29, 0.717) is 6.42 Å². The molecule has 1 amide bonds. The summed E-state index contributed by atoms with van der Waals surface area (Å²) in [4.78, 5) is 11.3. The summed E-state index contributed by atoms with van der Waals surface area (Å²) in [6.07, 6.45) is 3.11. The molecular formula is C14H16N4O. The number of aryl methyl sites for hydroxylation is 1. The molecule has 0 fully saturated rings. The number of hydrogen-bond donors (Lipinski definition) is 3. The molecule has 19 heavy (non-hydrogen) atoms. The quantitative estimate of drug-likeness (QED) is 0.790. The van der Waals surface area contributed by atoms with Crippen LogP contribution in [0.2, 0.25) is 0 Å². The van der Waals surface area contributed by atoms with Crippen molar-refractivity contribution in [3.8, 4) is 0 Å². The maximum atomic E-state index is 11.3. The van der Waals surface area contributed by atoms with Gasteiger partial charge in [-0.15, -0.1) is 0 Å². The number of carbonyl (C=O) groups excluding carboxylic acids is 1. The molecule has 0 saturated heterocycles. The number of hydrogen-bond acceptors (Lipinski definition) is 3. The van der Waals surface area contributed by atoms with Crippen LogP contribution in [0.5, 0.6) is 0 Å². The third-order valence-electron chi connectivity index (χ3n) is 3.37. The van der Waals surface area contributed by atoms with Gasteiger partial charge in [0.25, 0.3) is 0 Å². The van der Waals surface area contributed by atoms with Gasteiger partial charge in [0, 0.05) is 24.0 Å². The molecule has 1 aliphatic rings. The van der Waals surface area contributed by atoms with Crippen LogP contribution in [0.3, 0.4) is 0 Å². The van der Waals surface area contributed by atoms with Crippen LogP contribution in [0.4, 0.5) is 11.4 Å². The van der Waals surface area contributed by atoms with Crippen molar-refractivity contribution in [2.45, 2.75) is 25.8 Å². The van der Waals surface area contributed by atoms with E-state index in [1.807, 2.05) is 18.2 Å². The number of rotatable bonds is 3. The highest BCUT2D eigenvalue weighted by Crippen LogP contribution is 2.27. The van der Waals surface area contributed by atoms with Crippen molar-refractivity contribution in [2.24, 2.45) is 0 Å². The van der Waals surface area contributed by atoms with E-state index in [0.717, 1.165) is 23.5 Å². The highest BCUT2D eigenvalue weighted by atomic mass is 16.1. The minimum Gasteiger partial charge on any atom is -0.377 e. The maximum Gasteiger partial charge on any atom is 0.224 e. The molecule has 0 spiro atoms. The maximum absolute atomic E-state index is 11.3. The van der Waals surface area contributed by atoms with Crippen LogP contribution in [0.1, 0.15) is 30.6 Å². The minimum absolute atomic E-state index is 0.0963. The average molecular weight is 256 g/mol. The SMILES string of the molecule is CC(Nc1ccc2c(c1)CCC(=O)N2)c1ccn[nH]1. The summed E-state index contributed by atoms with van der Waals surface area (Å²) in [5.74, 6) is 0.0963. The lowest BCUT2D eigenvalue weighted by Crippen LogP contribution is -2.19. The Balaban J connectivity index is 1.77. The summed E-state index contributed by atoms with van der Waals surface area (Å²) in [6, 6.07) is 8.16. The van der Waals surface area contributed by atoms with Crippen molar-refractivity contribution in [1.82, 2.24) is 10.2 Å². The minimum atomic E-state index is 0.0963. The zero-order valence-corrected chi connectivity index (χ0v) is 10.7. The lowest BCUT2D eigenvalue weighted by Gasteiger charge is -2.19. The summed E-state index contributed by atoms with van der Waals surface area (Å²) in [5, 5.41) is 13.2. The number of aromatic amines is 1. The van der Waals surface area contributed by atoms with Gasteiger partial charge in [-0.25, -0.2) is 0 Å². The first-order valence-corrected chi connectivity index (χ1v) is 6.41. The number of H-pyrrole nitrogens is 1. The van der Waals surface area contributed by atoms with Gasteiger partial charge in [0.1, 0.15) is 0 Å². The number of fused-ring (bicyclic) bond motifs is 1. The third-order valence-corrected chi connectivity index (χ3v) is 3.37. The Morgan fingerprint density at radius 2 is 2.21 bits per heavy atom. The van der Waals surface area contributed by atoms with E-state index in [1.54, 1.807) is 6.20 Å². The van der Waals surface area contributed by atoms with Crippen LogP contribution >= 0.6 is 0 Å². The summed E-state index contributed by atoms with van der Waals surface area (Å²) >= 11 is 0. The smallest absolute Gasteiger partial charge is 0.224 e. The van der Waals surface area contributed by atoms with Crippen LogP contribution in [-0.2, 0) is 11.2 Å². The predicted molar refractivity (Wildman–Crippen MR) is 74.0 cm³/mol. The molecule has 0 saturated carbocycles. The van der Waals surface area contributed by atoms with Gasteiger partial charge in [0.15, 0.2) is 0 Å². The van der Waals surface area contributed by atoms with Crippen molar-refractivity contribution in [1.29, 1.82) is 0 Å². The molecule has 3 rings (SSSR count). The number of carbonyl (C=O) groups is 1. The molecule has 0 radical (unpaired) electrons. The molecule has 1 atom stereocenters. The van der Waals surface area contributed by atoms with Gasteiger partial charge < -0.3 is 10.6 Å². The van der Waals surface area contributed by atoms with E-state index in [4.69, 9.17) is 0 Å². The van der Waals surface area contributed by atoms with E-state index in [-0.39, 0.29) is 11.9 Å². The van der Waals surface area contributed by atoms with Gasteiger partial charge >= 0.3 is 0 Å². The monoisotopic (exact) mass is 256 g/mol. The van der Waals surface area contributed by atoms with Gasteiger partial charge in [-0.05, 0) is 43.2 Å². The Morgan fingerprint density at radius 3 is 3.00 bits per heavy atom. The molecule has 1 aromatic heterocycles. The first-order valence-electron chi connectivity index (χ1n) is 6.41. The van der Waals surface area contributed by atoms with E-state index in [9.17, 15) is 4.79 Å². The molecule has 1 unspecified atom stereocenters. The van der Waals surface area contributed by atoms with E-state index in [1.165, 1.54) is 5.56 Å². The Bertz CT molecular complexity index is 591. The van der Waals surface area contributed by atoms with Gasteiger partial charge in [0.2, 0.25) is 5.91 Å². The Kier molecular flexibility index (Phi) is 2.95. The van der Waals surface area contributed by atoms with Crippen LogP contribution in [0.25, 0.3) is 0 Å². The fraction of sp³-hybridized carbons (Fsp3) is 0.286. The zero-order chi connectivity index (χ0) is 13.2. The lowest BCUT2D eigenvalue weighted by molar-refractivity contribution is -0.116. The summed E-state index contributed by atoms with van der Waals surface area (Å²) < 4.78 is 0. The molecule has 0 aliphatic carbocycles. The molecule has 2 heterocycles. The van der Waals surface area contributed by atoms with Crippen LogP contribution in [0.15, 0.2) is 30.5 Å². The summed E-state index contributed by atoms with van der Waals surface area (Å²) in [7, 11) is 0. The Labute approximate surface area is 111 Å². The van der Waals surface area contributed by atoms with Crippen molar-refractivity contribution in [3.63, 3.8) is 0 Å². The second-order valence-corrected chi connectivity index (χ2v) is 4.80. The molecule has 0 bridgehead atoms. The highest BCUT2D eigenvalue weighted by molar-refractivity contribution is 5.94. The Hall–Kier alpha value is -2.30. The molecule has 5 heteroatoms. The fourth-order valence-corrected chi connectivity index (χ4v) is 2.31. The van der Waals surface area contributed by atoms with Crippen LogP contribution in [-0.4, -0.2) is 16.1 Å². The molecule has 1 aliphatic heterocycles. The third kappa shape index (κ3) is 2.45. The second-order valence-electron chi connectivity index (χ2n) is 4.80. The van der Waals surface area contributed by atoms with E-state index < -0.39 is 0 Å². The lowest BCUT2D eigenvalue weighted by atomic mass is 10.0. The number of nitrogens with one attached hydrogen (secondary N) is 3. The average Bonchev–Trinajstić information content (AvgIpc) is 2.93. The predicted octanol–water partition coefficient (Wildman–Crippen LogP) is 2.47. The number of aromatic nitrogens is 2. The normalized spacial score (nSPS) is 15.5. The number of benzene rings is 1. The second kappa shape index (κ2) is 4.76. The van der Waals surface area contributed by atoms with Gasteiger partial charge in [-0.1, -0.05) is 0 Å². The van der Waals surface area contributed by atoms with Crippen molar-refractivity contribution < 1.29 is 4.79 Å². The summed E-state index contributed by atoms with van der Waals surface area (Å²) in [5.41, 5.74) is 4.21. The Morgan fingerprint density at radius 1 is 1.32 bits per heavy atom. The largest absolute Gasteiger partial charge is 0.377 e. The summed E-state index contributed by atoms with van der Waals surface area (Å²) in [6.45, 7) is 2.08. The topological polar surface area (TPSA) is 69.8 Å². The number of nitrogens with zero attached hydrogens (tertiary/aromatic N) is 1. The first kappa shape index (κ1) is 11.8. The number of anilines is 2. The van der Waals surface area contributed by atoms with Gasteiger partial charge in [0.05, 0.1) is 11.7 Å². The molecular weight excluding hydrogens is 240 g/mol. The molecule has 1 aromatic carbocycles. The fourth-order valence-electron chi connectivity index (χ4n) is 2.31.